The first-order valence-corrected chi connectivity index (χ1v) is 9.57. The lowest BCUT2D eigenvalue weighted by atomic mass is 9.96. The number of halogens is 1. The number of pyridine rings is 2. The summed E-state index contributed by atoms with van der Waals surface area (Å²) in [5, 5.41) is 0. The van der Waals surface area contributed by atoms with Crippen LogP contribution in [0.15, 0.2) is 42.6 Å². The number of ether oxygens (including phenoxy) is 2. The monoisotopic (exact) mass is 423 g/mol. The minimum Gasteiger partial charge on any atom is -0.481 e. The molecule has 2 amide bonds. The number of benzene rings is 1. The van der Waals surface area contributed by atoms with E-state index in [2.05, 4.69) is 9.97 Å². The molecule has 0 saturated heterocycles. The number of carbonyl (C=O) groups excluding carboxylic acids is 3. The molecule has 3 heterocycles. The number of amides is 2. The topological polar surface area (TPSA) is 98.7 Å². The Labute approximate surface area is 176 Å². The van der Waals surface area contributed by atoms with Crippen LogP contribution in [0.3, 0.4) is 0 Å². The molecule has 1 aliphatic rings. The number of hydrogen-bond donors (Lipinski definition) is 0. The first kappa shape index (κ1) is 20.4. The van der Waals surface area contributed by atoms with E-state index < -0.39 is 36.1 Å². The minimum atomic E-state index is -1.30. The molecular formula is C22H18FN3O5. The van der Waals surface area contributed by atoms with Crippen molar-refractivity contribution in [1.82, 2.24) is 14.9 Å². The van der Waals surface area contributed by atoms with Gasteiger partial charge in [-0.05, 0) is 25.1 Å². The van der Waals surface area contributed by atoms with Gasteiger partial charge in [-0.15, -0.1) is 0 Å². The van der Waals surface area contributed by atoms with E-state index in [4.69, 9.17) is 9.47 Å². The van der Waals surface area contributed by atoms with Crippen LogP contribution in [-0.2, 0) is 9.53 Å². The van der Waals surface area contributed by atoms with E-state index in [0.717, 1.165) is 11.1 Å². The maximum absolute atomic E-state index is 15.0. The summed E-state index contributed by atoms with van der Waals surface area (Å²) in [5.74, 6) is -3.80. The number of methoxy groups -OCH3 is 1. The van der Waals surface area contributed by atoms with Gasteiger partial charge < -0.3 is 9.47 Å². The molecule has 0 bridgehead atoms. The largest absolute Gasteiger partial charge is 0.481 e. The molecule has 2 aromatic heterocycles. The summed E-state index contributed by atoms with van der Waals surface area (Å²) in [4.78, 5) is 47.7. The average molecular weight is 423 g/mol. The van der Waals surface area contributed by atoms with Gasteiger partial charge >= 0.3 is 5.97 Å². The Morgan fingerprint density at radius 1 is 1.13 bits per heavy atom. The standard InChI is InChI=1S/C22H18FN3O5/c1-3-31-22(29)14(11-26-20(27)12-6-4-5-7-13(12)21(26)28)18-15(23)10-24-16-8-9-17(30-2)25-19(16)18/h4-10,14H,3,11H2,1-2H3. The molecule has 0 fully saturated rings. The van der Waals surface area contributed by atoms with E-state index in [1.807, 2.05) is 0 Å². The lowest BCUT2D eigenvalue weighted by molar-refractivity contribution is -0.145. The molecule has 158 valence electrons. The number of carbonyl (C=O) groups is 3. The number of hydrogen-bond acceptors (Lipinski definition) is 7. The van der Waals surface area contributed by atoms with Crippen molar-refractivity contribution in [2.45, 2.75) is 12.8 Å². The van der Waals surface area contributed by atoms with Gasteiger partial charge in [0.25, 0.3) is 11.8 Å². The third-order valence-electron chi connectivity index (χ3n) is 5.05. The van der Waals surface area contributed by atoms with Crippen molar-refractivity contribution in [3.8, 4) is 5.88 Å². The molecule has 8 nitrogen and oxygen atoms in total. The van der Waals surface area contributed by atoms with Crippen LogP contribution in [0.4, 0.5) is 4.39 Å². The number of rotatable bonds is 6. The Bertz CT molecular complexity index is 1180. The van der Waals surface area contributed by atoms with E-state index in [1.54, 1.807) is 31.2 Å². The van der Waals surface area contributed by atoms with Crippen LogP contribution in [0.5, 0.6) is 5.88 Å². The number of esters is 1. The maximum atomic E-state index is 15.0. The lowest BCUT2D eigenvalue weighted by Crippen LogP contribution is -2.37. The van der Waals surface area contributed by atoms with Crippen LogP contribution in [0, 0.1) is 5.82 Å². The molecule has 1 atom stereocenters. The predicted octanol–water partition coefficient (Wildman–Crippen LogP) is 2.72. The number of nitrogens with zero attached hydrogens (tertiary/aromatic N) is 3. The molecule has 0 aliphatic carbocycles. The zero-order chi connectivity index (χ0) is 22.1. The number of imide groups is 1. The van der Waals surface area contributed by atoms with Crippen LogP contribution in [0.2, 0.25) is 0 Å². The normalized spacial score (nSPS) is 14.0. The number of aromatic nitrogens is 2. The molecule has 4 rings (SSSR count). The molecule has 31 heavy (non-hydrogen) atoms. The zero-order valence-electron chi connectivity index (χ0n) is 16.8. The summed E-state index contributed by atoms with van der Waals surface area (Å²) in [6.45, 7) is 1.25. The third kappa shape index (κ3) is 3.48. The minimum absolute atomic E-state index is 0.0405. The van der Waals surface area contributed by atoms with Crippen molar-refractivity contribution in [3.63, 3.8) is 0 Å². The van der Waals surface area contributed by atoms with Crippen molar-refractivity contribution >= 4 is 28.8 Å². The fourth-order valence-corrected chi connectivity index (χ4v) is 3.60. The van der Waals surface area contributed by atoms with Gasteiger partial charge in [-0.25, -0.2) is 9.37 Å². The van der Waals surface area contributed by atoms with Gasteiger partial charge in [0.05, 0.1) is 42.1 Å². The summed E-state index contributed by atoms with van der Waals surface area (Å²) in [6, 6.07) is 9.48. The molecule has 1 aromatic carbocycles. The van der Waals surface area contributed by atoms with Crippen molar-refractivity contribution in [2.75, 3.05) is 20.3 Å². The molecule has 0 spiro atoms. The van der Waals surface area contributed by atoms with Crippen molar-refractivity contribution in [2.24, 2.45) is 0 Å². The van der Waals surface area contributed by atoms with Crippen LogP contribution in [0.1, 0.15) is 39.1 Å². The second-order valence-electron chi connectivity index (χ2n) is 6.81. The second-order valence-corrected chi connectivity index (χ2v) is 6.81. The Balaban J connectivity index is 1.82. The molecule has 9 heteroatoms. The fraction of sp³-hybridized carbons (Fsp3) is 0.227. The molecule has 0 N–H and O–H groups in total. The van der Waals surface area contributed by atoms with Gasteiger partial charge in [-0.1, -0.05) is 12.1 Å². The molecule has 1 unspecified atom stereocenters. The molecule has 0 radical (unpaired) electrons. The molecule has 1 aliphatic heterocycles. The van der Waals surface area contributed by atoms with E-state index in [1.165, 1.54) is 19.2 Å². The highest BCUT2D eigenvalue weighted by atomic mass is 19.1. The number of fused-ring (bicyclic) bond motifs is 2. The Kier molecular flexibility index (Phi) is 5.33. The highest BCUT2D eigenvalue weighted by Crippen LogP contribution is 2.32. The van der Waals surface area contributed by atoms with Crippen LogP contribution >= 0.6 is 0 Å². The summed E-state index contributed by atoms with van der Waals surface area (Å²) in [7, 11) is 1.40. The van der Waals surface area contributed by atoms with Crippen molar-refractivity contribution in [3.05, 3.63) is 65.1 Å². The third-order valence-corrected chi connectivity index (χ3v) is 5.05. The van der Waals surface area contributed by atoms with Crippen LogP contribution < -0.4 is 4.74 Å². The fourth-order valence-electron chi connectivity index (χ4n) is 3.60. The predicted molar refractivity (Wildman–Crippen MR) is 107 cm³/mol. The summed E-state index contributed by atoms with van der Waals surface area (Å²) < 4.78 is 25.3. The van der Waals surface area contributed by atoms with E-state index in [0.29, 0.717) is 5.52 Å². The maximum Gasteiger partial charge on any atom is 0.315 e. The van der Waals surface area contributed by atoms with Crippen molar-refractivity contribution in [1.29, 1.82) is 0 Å². The smallest absolute Gasteiger partial charge is 0.315 e. The second kappa shape index (κ2) is 8.10. The van der Waals surface area contributed by atoms with Gasteiger partial charge in [0.2, 0.25) is 5.88 Å². The van der Waals surface area contributed by atoms with Gasteiger partial charge in [0.1, 0.15) is 11.7 Å². The van der Waals surface area contributed by atoms with Crippen LogP contribution in [0.25, 0.3) is 11.0 Å². The molecular weight excluding hydrogens is 405 g/mol. The summed E-state index contributed by atoms with van der Waals surface area (Å²) >= 11 is 0. The Morgan fingerprint density at radius 2 is 1.81 bits per heavy atom. The average Bonchev–Trinajstić information content (AvgIpc) is 3.02. The molecule has 0 saturated carbocycles. The Hall–Kier alpha value is -3.88. The van der Waals surface area contributed by atoms with Gasteiger partial charge in [-0.2, -0.15) is 0 Å². The van der Waals surface area contributed by atoms with E-state index in [9.17, 15) is 18.8 Å². The van der Waals surface area contributed by atoms with Crippen LogP contribution in [-0.4, -0.2) is 52.9 Å². The van der Waals surface area contributed by atoms with Gasteiger partial charge in [-0.3, -0.25) is 24.3 Å². The lowest BCUT2D eigenvalue weighted by Gasteiger charge is -2.22. The summed E-state index contributed by atoms with van der Waals surface area (Å²) in [6.07, 6.45) is 0.973. The highest BCUT2D eigenvalue weighted by Gasteiger charge is 2.40. The highest BCUT2D eigenvalue weighted by molar-refractivity contribution is 6.21. The van der Waals surface area contributed by atoms with E-state index >= 15 is 0 Å². The van der Waals surface area contributed by atoms with E-state index in [-0.39, 0.29) is 34.7 Å². The first-order chi connectivity index (χ1) is 15.0. The Morgan fingerprint density at radius 3 is 2.42 bits per heavy atom. The zero-order valence-corrected chi connectivity index (χ0v) is 16.8. The van der Waals surface area contributed by atoms with Crippen molar-refractivity contribution < 1.29 is 28.2 Å². The summed E-state index contributed by atoms with van der Waals surface area (Å²) in [5.41, 5.74) is 0.770. The SMILES string of the molecule is CCOC(=O)C(CN1C(=O)c2ccccc2C1=O)c1c(F)cnc2ccc(OC)nc12. The first-order valence-electron chi connectivity index (χ1n) is 9.57. The van der Waals surface area contributed by atoms with Gasteiger partial charge in [0.15, 0.2) is 0 Å². The molecule has 3 aromatic rings. The van der Waals surface area contributed by atoms with Gasteiger partial charge in [0, 0.05) is 18.2 Å². The quantitative estimate of drug-likeness (QED) is 0.444.